The van der Waals surface area contributed by atoms with Crippen molar-refractivity contribution in [1.29, 1.82) is 0 Å². The minimum Gasteiger partial charge on any atom is -0.493 e. The Morgan fingerprint density at radius 2 is 1.92 bits per heavy atom. The van der Waals surface area contributed by atoms with Crippen molar-refractivity contribution in [2.75, 3.05) is 39.9 Å². The number of nitrogens with zero attached hydrogens (tertiary/aromatic N) is 1. The molecule has 0 aromatic heterocycles. The number of carbonyl (C=O) groups excluding carboxylic acids is 1. The molecule has 0 saturated carbocycles. The first-order valence-electron chi connectivity index (χ1n) is 8.39. The zero-order valence-corrected chi connectivity index (χ0v) is 15.4. The topological polar surface area (TPSA) is 50.8 Å². The van der Waals surface area contributed by atoms with Crippen molar-refractivity contribution >= 4 is 18.3 Å². The third-order valence-corrected chi connectivity index (χ3v) is 4.66. The molecule has 0 radical (unpaired) electrons. The van der Waals surface area contributed by atoms with Gasteiger partial charge in [-0.25, -0.2) is 0 Å². The van der Waals surface area contributed by atoms with Gasteiger partial charge in [-0.2, -0.15) is 0 Å². The molecule has 1 aromatic carbocycles. The number of nitrogens with one attached hydrogen (secondary N) is 1. The zero-order valence-electron chi connectivity index (χ0n) is 14.6. The molecule has 5 nitrogen and oxygen atoms in total. The Balaban J connectivity index is 0.00000208. The third kappa shape index (κ3) is 3.95. The first-order valence-corrected chi connectivity index (χ1v) is 8.39. The fourth-order valence-corrected chi connectivity index (χ4v) is 3.38. The van der Waals surface area contributed by atoms with E-state index < -0.39 is 0 Å². The van der Waals surface area contributed by atoms with E-state index in [1.165, 1.54) is 0 Å². The fourth-order valence-electron chi connectivity index (χ4n) is 3.38. The van der Waals surface area contributed by atoms with Gasteiger partial charge in [0, 0.05) is 31.7 Å². The van der Waals surface area contributed by atoms with Crippen LogP contribution in [0.1, 0.15) is 24.2 Å². The van der Waals surface area contributed by atoms with Crippen molar-refractivity contribution in [2.45, 2.75) is 13.8 Å². The van der Waals surface area contributed by atoms with Crippen molar-refractivity contribution in [2.24, 2.45) is 17.8 Å². The summed E-state index contributed by atoms with van der Waals surface area (Å²) in [7, 11) is 1.61. The van der Waals surface area contributed by atoms with E-state index in [0.29, 0.717) is 41.4 Å². The minimum atomic E-state index is 0. The van der Waals surface area contributed by atoms with E-state index in [2.05, 4.69) is 19.2 Å². The molecule has 1 aromatic rings. The predicted molar refractivity (Wildman–Crippen MR) is 96.3 cm³/mol. The number of hydrogen-bond acceptors (Lipinski definition) is 4. The van der Waals surface area contributed by atoms with Crippen molar-refractivity contribution in [3.05, 3.63) is 23.8 Å². The van der Waals surface area contributed by atoms with Crippen LogP contribution in [0, 0.1) is 17.8 Å². The van der Waals surface area contributed by atoms with Gasteiger partial charge < -0.3 is 19.7 Å². The monoisotopic (exact) mass is 354 g/mol. The summed E-state index contributed by atoms with van der Waals surface area (Å²) >= 11 is 0. The summed E-state index contributed by atoms with van der Waals surface area (Å²) in [5.74, 6) is 3.06. The van der Waals surface area contributed by atoms with Crippen molar-refractivity contribution in [1.82, 2.24) is 10.2 Å². The minimum absolute atomic E-state index is 0. The standard InChI is InChI=1S/C18H26N2O3.ClH/c1-12(2)11-23-16-5-4-13(6-17(16)22-3)18(21)20-9-14-7-19-8-15(14)10-20;/h4-6,12,14-15,19H,7-11H2,1-3H3;1H/t14-,15+;. The van der Waals surface area contributed by atoms with Crippen LogP contribution < -0.4 is 14.8 Å². The third-order valence-electron chi connectivity index (χ3n) is 4.66. The van der Waals surface area contributed by atoms with E-state index in [1.807, 2.05) is 17.0 Å². The number of methoxy groups -OCH3 is 1. The smallest absolute Gasteiger partial charge is 0.254 e. The second kappa shape index (κ2) is 8.08. The zero-order chi connectivity index (χ0) is 16.4. The highest BCUT2D eigenvalue weighted by atomic mass is 35.5. The van der Waals surface area contributed by atoms with Crippen LogP contribution in [0.2, 0.25) is 0 Å². The molecule has 24 heavy (non-hydrogen) atoms. The summed E-state index contributed by atoms with van der Waals surface area (Å²) in [6, 6.07) is 5.48. The summed E-state index contributed by atoms with van der Waals surface area (Å²) in [5, 5.41) is 3.40. The molecule has 2 aliphatic rings. The number of halogens is 1. The van der Waals surface area contributed by atoms with Crippen molar-refractivity contribution in [3.8, 4) is 11.5 Å². The molecule has 1 amide bonds. The molecule has 134 valence electrons. The molecule has 0 unspecified atom stereocenters. The van der Waals surface area contributed by atoms with Gasteiger partial charge in [0.1, 0.15) is 0 Å². The SMILES string of the molecule is COc1cc(C(=O)N2C[C@H]3CNC[C@H]3C2)ccc1OCC(C)C.Cl. The lowest BCUT2D eigenvalue weighted by Crippen LogP contribution is -2.31. The largest absolute Gasteiger partial charge is 0.493 e. The number of likely N-dealkylation sites (tertiary alicyclic amines) is 1. The van der Waals surface area contributed by atoms with Crippen LogP contribution in [-0.4, -0.2) is 50.7 Å². The Bertz CT molecular complexity index is 567. The van der Waals surface area contributed by atoms with Crippen LogP contribution in [0.5, 0.6) is 11.5 Å². The quantitative estimate of drug-likeness (QED) is 0.882. The van der Waals surface area contributed by atoms with Gasteiger partial charge in [-0.3, -0.25) is 4.79 Å². The van der Waals surface area contributed by atoms with Crippen molar-refractivity contribution in [3.63, 3.8) is 0 Å². The van der Waals surface area contributed by atoms with Gasteiger partial charge in [0.05, 0.1) is 13.7 Å². The summed E-state index contributed by atoms with van der Waals surface area (Å²) in [6.45, 7) is 8.59. The number of ether oxygens (including phenoxy) is 2. The van der Waals surface area contributed by atoms with Gasteiger partial charge >= 0.3 is 0 Å². The number of fused-ring (bicyclic) bond motifs is 1. The molecular weight excluding hydrogens is 328 g/mol. The molecule has 2 saturated heterocycles. The summed E-state index contributed by atoms with van der Waals surface area (Å²) in [6.07, 6.45) is 0. The number of carbonyl (C=O) groups is 1. The Morgan fingerprint density at radius 1 is 1.25 bits per heavy atom. The lowest BCUT2D eigenvalue weighted by molar-refractivity contribution is 0.0781. The molecule has 2 heterocycles. The second-order valence-electron chi connectivity index (χ2n) is 6.96. The van der Waals surface area contributed by atoms with Crippen LogP contribution in [-0.2, 0) is 0 Å². The van der Waals surface area contributed by atoms with Crippen LogP contribution >= 0.6 is 12.4 Å². The molecule has 2 fully saturated rings. The maximum absolute atomic E-state index is 12.7. The maximum Gasteiger partial charge on any atom is 0.254 e. The molecule has 0 spiro atoms. The van der Waals surface area contributed by atoms with Gasteiger partial charge in [-0.15, -0.1) is 12.4 Å². The van der Waals surface area contributed by atoms with Gasteiger partial charge in [-0.05, 0) is 36.0 Å². The Hall–Kier alpha value is -1.46. The molecule has 3 rings (SSSR count). The van der Waals surface area contributed by atoms with Gasteiger partial charge in [-0.1, -0.05) is 13.8 Å². The highest BCUT2D eigenvalue weighted by molar-refractivity contribution is 5.95. The summed E-state index contributed by atoms with van der Waals surface area (Å²) in [5.41, 5.74) is 0.673. The normalized spacial score (nSPS) is 22.2. The van der Waals surface area contributed by atoms with Gasteiger partial charge in [0.2, 0.25) is 0 Å². The van der Waals surface area contributed by atoms with E-state index in [0.717, 1.165) is 26.2 Å². The van der Waals surface area contributed by atoms with Gasteiger partial charge in [0.25, 0.3) is 5.91 Å². The predicted octanol–water partition coefficient (Wildman–Crippen LogP) is 2.44. The van der Waals surface area contributed by atoms with E-state index in [-0.39, 0.29) is 18.3 Å². The first kappa shape index (κ1) is 18.9. The number of amides is 1. The van der Waals surface area contributed by atoms with E-state index in [1.54, 1.807) is 13.2 Å². The van der Waals surface area contributed by atoms with Crippen LogP contribution in [0.3, 0.4) is 0 Å². The maximum atomic E-state index is 12.7. The molecule has 0 aliphatic carbocycles. The molecule has 2 aliphatic heterocycles. The van der Waals surface area contributed by atoms with Crippen LogP contribution in [0.15, 0.2) is 18.2 Å². The first-order chi connectivity index (χ1) is 11.1. The molecule has 0 bridgehead atoms. The number of rotatable bonds is 5. The average molecular weight is 355 g/mol. The number of benzene rings is 1. The van der Waals surface area contributed by atoms with E-state index >= 15 is 0 Å². The average Bonchev–Trinajstić information content (AvgIpc) is 3.13. The Morgan fingerprint density at radius 3 is 2.50 bits per heavy atom. The molecule has 2 atom stereocenters. The van der Waals surface area contributed by atoms with Crippen molar-refractivity contribution < 1.29 is 14.3 Å². The highest BCUT2D eigenvalue weighted by Crippen LogP contribution is 2.31. The highest BCUT2D eigenvalue weighted by Gasteiger charge is 2.38. The fraction of sp³-hybridized carbons (Fsp3) is 0.611. The summed E-state index contributed by atoms with van der Waals surface area (Å²) in [4.78, 5) is 14.7. The summed E-state index contributed by atoms with van der Waals surface area (Å²) < 4.78 is 11.2. The molecular formula is C18H27ClN2O3. The molecule has 6 heteroatoms. The number of hydrogen-bond donors (Lipinski definition) is 1. The van der Waals surface area contributed by atoms with Crippen LogP contribution in [0.25, 0.3) is 0 Å². The van der Waals surface area contributed by atoms with E-state index in [9.17, 15) is 4.79 Å². The Labute approximate surface area is 150 Å². The van der Waals surface area contributed by atoms with E-state index in [4.69, 9.17) is 9.47 Å². The van der Waals surface area contributed by atoms with Gasteiger partial charge in [0.15, 0.2) is 11.5 Å². The Kier molecular flexibility index (Phi) is 6.35. The lowest BCUT2D eigenvalue weighted by atomic mass is 10.0. The second-order valence-corrected chi connectivity index (χ2v) is 6.96. The van der Waals surface area contributed by atoms with Crippen LogP contribution in [0.4, 0.5) is 0 Å². The molecule has 1 N–H and O–H groups in total. The lowest BCUT2D eigenvalue weighted by Gasteiger charge is -2.19.